The van der Waals surface area contributed by atoms with Crippen LogP contribution >= 0.6 is 0 Å². The molecule has 16 nitrogen and oxygen atoms in total. The van der Waals surface area contributed by atoms with Crippen LogP contribution in [0.5, 0.6) is 0 Å². The van der Waals surface area contributed by atoms with Gasteiger partial charge in [0, 0.05) is 69.1 Å². The number of fused-ring (bicyclic) bond motifs is 1. The fourth-order valence-electron chi connectivity index (χ4n) is 8.36. The number of anilines is 2. The quantitative estimate of drug-likeness (QED) is 0.272. The summed E-state index contributed by atoms with van der Waals surface area (Å²) >= 11 is 0. The van der Waals surface area contributed by atoms with Gasteiger partial charge in [-0.05, 0) is 61.9 Å². The second-order valence-electron chi connectivity index (χ2n) is 15.3. The smallest absolute Gasteiger partial charge is 0.410 e. The summed E-state index contributed by atoms with van der Waals surface area (Å²) in [6.45, 7) is 7.34. The molecule has 4 aliphatic heterocycles. The Kier molecular flexibility index (Phi) is 10.6. The fraction of sp³-hybridized carbons (Fsp3) is 0.475. The van der Waals surface area contributed by atoms with Gasteiger partial charge in [0.15, 0.2) is 5.82 Å². The Morgan fingerprint density at radius 3 is 2.45 bits per heavy atom. The molecule has 1 unspecified atom stereocenters. The zero-order valence-corrected chi connectivity index (χ0v) is 31.3. The molecule has 3 aromatic rings. The van der Waals surface area contributed by atoms with E-state index in [1.807, 2.05) is 43.3 Å². The standard InChI is InChI=1S/C40H46N8O8/c1-24-23-55-17-16-47(24)40(54)56-29-8-6-27(19-29)32-21-34(44-43-32)41-36(50)18-25-2-4-26(5-3-25)22-45-12-14-46(15-13-45)28-7-9-30-31(20-28)39(53)48(38(30)52)33-10-11-35(49)42-37(33)51/h2-5,7,9,20-21,24,27,29,33H,6,8,10-19,22-23H2,1H3,(H,42,49,51)(H2,41,43,44,50)/t24-,27-,29+,33?/m0/s1. The van der Waals surface area contributed by atoms with Crippen molar-refractivity contribution >= 4 is 47.1 Å². The van der Waals surface area contributed by atoms with Crippen molar-refractivity contribution in [3.63, 3.8) is 0 Å². The summed E-state index contributed by atoms with van der Waals surface area (Å²) in [4.78, 5) is 83.2. The molecular formula is C40H46N8O8. The molecule has 3 N–H and O–H groups in total. The van der Waals surface area contributed by atoms with Gasteiger partial charge in [-0.25, -0.2) is 4.79 Å². The van der Waals surface area contributed by atoms with E-state index >= 15 is 0 Å². The summed E-state index contributed by atoms with van der Waals surface area (Å²) in [5, 5.41) is 12.5. The van der Waals surface area contributed by atoms with E-state index in [0.29, 0.717) is 32.0 Å². The number of piperazine rings is 1. The first-order valence-electron chi connectivity index (χ1n) is 19.4. The molecule has 2 aromatic carbocycles. The van der Waals surface area contributed by atoms with Crippen LogP contribution in [0.25, 0.3) is 0 Å². The van der Waals surface area contributed by atoms with Gasteiger partial charge in [0.05, 0.1) is 36.8 Å². The van der Waals surface area contributed by atoms with Gasteiger partial charge in [-0.2, -0.15) is 5.10 Å². The zero-order chi connectivity index (χ0) is 38.9. The van der Waals surface area contributed by atoms with Crippen molar-refractivity contribution in [1.29, 1.82) is 0 Å². The van der Waals surface area contributed by atoms with E-state index in [2.05, 4.69) is 30.6 Å². The molecule has 0 radical (unpaired) electrons. The molecular weight excluding hydrogens is 720 g/mol. The van der Waals surface area contributed by atoms with Crippen molar-refractivity contribution in [1.82, 2.24) is 30.2 Å². The highest BCUT2D eigenvalue weighted by Crippen LogP contribution is 2.36. The highest BCUT2D eigenvalue weighted by molar-refractivity contribution is 6.23. The molecule has 0 spiro atoms. The summed E-state index contributed by atoms with van der Waals surface area (Å²) in [6, 6.07) is 14.1. The molecule has 0 bridgehead atoms. The molecule has 8 rings (SSSR count). The van der Waals surface area contributed by atoms with E-state index in [9.17, 15) is 28.8 Å². The molecule has 56 heavy (non-hydrogen) atoms. The van der Waals surface area contributed by atoms with Crippen LogP contribution in [0.1, 0.15) is 82.5 Å². The Hall–Kier alpha value is -5.61. The van der Waals surface area contributed by atoms with Crippen LogP contribution in [0, 0.1) is 0 Å². The second-order valence-corrected chi connectivity index (χ2v) is 15.3. The lowest BCUT2D eigenvalue weighted by atomic mass is 10.0. The lowest BCUT2D eigenvalue weighted by Crippen LogP contribution is -2.54. The van der Waals surface area contributed by atoms with Crippen LogP contribution in [0.4, 0.5) is 16.3 Å². The normalized spacial score (nSPS) is 24.3. The fourth-order valence-corrected chi connectivity index (χ4v) is 8.36. The van der Waals surface area contributed by atoms with Crippen LogP contribution in [-0.2, 0) is 36.8 Å². The molecule has 1 aliphatic carbocycles. The summed E-state index contributed by atoms with van der Waals surface area (Å²) in [7, 11) is 0. The Bertz CT molecular complexity index is 2030. The molecule has 6 amide bonds. The van der Waals surface area contributed by atoms with Crippen LogP contribution in [0.15, 0.2) is 48.5 Å². The predicted molar refractivity (Wildman–Crippen MR) is 202 cm³/mol. The van der Waals surface area contributed by atoms with Crippen molar-refractivity contribution in [3.05, 3.63) is 76.5 Å². The molecule has 5 heterocycles. The van der Waals surface area contributed by atoms with E-state index in [1.165, 1.54) is 0 Å². The monoisotopic (exact) mass is 766 g/mol. The molecule has 4 fully saturated rings. The molecule has 16 heteroatoms. The van der Waals surface area contributed by atoms with Gasteiger partial charge >= 0.3 is 6.09 Å². The number of rotatable bonds is 9. The highest BCUT2D eigenvalue weighted by atomic mass is 16.6. The number of hydrogen-bond acceptors (Lipinski definition) is 11. The first kappa shape index (κ1) is 37.3. The molecule has 1 saturated carbocycles. The van der Waals surface area contributed by atoms with Crippen molar-refractivity contribution in [2.45, 2.75) is 76.1 Å². The molecule has 5 aliphatic rings. The molecule has 1 aromatic heterocycles. The van der Waals surface area contributed by atoms with Crippen LogP contribution in [0.2, 0.25) is 0 Å². The highest BCUT2D eigenvalue weighted by Gasteiger charge is 2.45. The summed E-state index contributed by atoms with van der Waals surface area (Å²) in [5.41, 5.74) is 4.33. The van der Waals surface area contributed by atoms with Crippen LogP contribution < -0.4 is 15.5 Å². The van der Waals surface area contributed by atoms with Crippen molar-refractivity contribution in [3.8, 4) is 0 Å². The third-order valence-corrected chi connectivity index (χ3v) is 11.5. The number of piperidine rings is 1. The largest absolute Gasteiger partial charge is 0.446 e. The van der Waals surface area contributed by atoms with E-state index in [-0.39, 0.29) is 60.5 Å². The van der Waals surface area contributed by atoms with Crippen molar-refractivity contribution < 1.29 is 38.2 Å². The lowest BCUT2D eigenvalue weighted by molar-refractivity contribution is -0.136. The predicted octanol–water partition coefficient (Wildman–Crippen LogP) is 2.81. The molecule has 3 saturated heterocycles. The number of carbonyl (C=O) groups excluding carboxylic acids is 6. The number of morpholine rings is 1. The second kappa shape index (κ2) is 15.9. The summed E-state index contributed by atoms with van der Waals surface area (Å²) in [6.07, 6.45) is 2.32. The van der Waals surface area contributed by atoms with Gasteiger partial charge in [0.25, 0.3) is 11.8 Å². The number of H-pyrrole nitrogens is 1. The number of benzene rings is 2. The Labute approximate surface area is 323 Å². The Morgan fingerprint density at radius 2 is 1.68 bits per heavy atom. The molecule has 294 valence electrons. The zero-order valence-electron chi connectivity index (χ0n) is 31.3. The minimum atomic E-state index is -0.989. The third kappa shape index (κ3) is 7.89. The van der Waals surface area contributed by atoms with Gasteiger partial charge < -0.3 is 24.6 Å². The maximum atomic E-state index is 13.3. The number of carbonyl (C=O) groups is 6. The summed E-state index contributed by atoms with van der Waals surface area (Å²) in [5.74, 6) is -1.57. The van der Waals surface area contributed by atoms with Crippen molar-refractivity contribution in [2.24, 2.45) is 0 Å². The van der Waals surface area contributed by atoms with Gasteiger partial charge in [0.1, 0.15) is 12.1 Å². The number of aromatic nitrogens is 2. The third-order valence-electron chi connectivity index (χ3n) is 11.5. The van der Waals surface area contributed by atoms with Crippen LogP contribution in [0.3, 0.4) is 0 Å². The number of hydrogen-bond donors (Lipinski definition) is 3. The van der Waals surface area contributed by atoms with Gasteiger partial charge in [-0.1, -0.05) is 24.3 Å². The summed E-state index contributed by atoms with van der Waals surface area (Å²) < 4.78 is 11.2. The number of imide groups is 2. The topological polar surface area (TPSA) is 187 Å². The number of amides is 6. The first-order valence-corrected chi connectivity index (χ1v) is 19.4. The lowest BCUT2D eigenvalue weighted by Gasteiger charge is -2.36. The maximum absolute atomic E-state index is 13.3. The first-order chi connectivity index (χ1) is 27.1. The SMILES string of the molecule is C[C@H]1COCCN1C(=O)O[C@@H]1CC[C@H](c2cc(NC(=O)Cc3ccc(CN4CCN(c5ccc6c(c5)C(=O)N(C5CCC(=O)NC5=O)C6=O)CC4)cc3)n[nH]2)C1. The number of nitrogens with zero attached hydrogens (tertiary/aromatic N) is 5. The Morgan fingerprint density at radius 1 is 0.911 bits per heavy atom. The van der Waals surface area contributed by atoms with Crippen molar-refractivity contribution in [2.75, 3.05) is 56.2 Å². The van der Waals surface area contributed by atoms with Gasteiger partial charge in [0.2, 0.25) is 17.7 Å². The minimum absolute atomic E-state index is 0.000412. The number of aromatic amines is 1. The van der Waals surface area contributed by atoms with E-state index in [4.69, 9.17) is 9.47 Å². The van der Waals surface area contributed by atoms with Gasteiger partial charge in [-0.15, -0.1) is 0 Å². The van der Waals surface area contributed by atoms with Crippen LogP contribution in [-0.4, -0.2) is 125 Å². The Balaban J connectivity index is 0.775. The average molecular weight is 767 g/mol. The number of nitrogens with one attached hydrogen (secondary N) is 3. The van der Waals surface area contributed by atoms with E-state index in [1.54, 1.807) is 17.0 Å². The maximum Gasteiger partial charge on any atom is 0.410 e. The van der Waals surface area contributed by atoms with E-state index in [0.717, 1.165) is 73.0 Å². The minimum Gasteiger partial charge on any atom is -0.446 e. The number of ether oxygens (including phenoxy) is 2. The molecule has 4 atom stereocenters. The van der Waals surface area contributed by atoms with Gasteiger partial charge in [-0.3, -0.25) is 44.2 Å². The van der Waals surface area contributed by atoms with E-state index < -0.39 is 29.7 Å². The average Bonchev–Trinajstić information content (AvgIpc) is 3.91.